The molecule has 0 atom stereocenters. The summed E-state index contributed by atoms with van der Waals surface area (Å²) in [5.74, 6) is -3.99. The lowest BCUT2D eigenvalue weighted by Gasteiger charge is -2.09. The van der Waals surface area contributed by atoms with Crippen LogP contribution in [-0.4, -0.2) is 0 Å². The highest BCUT2D eigenvalue weighted by atomic mass is 19.2. The van der Waals surface area contributed by atoms with Crippen LogP contribution in [0.1, 0.15) is 0 Å². The highest BCUT2D eigenvalue weighted by Gasteiger charge is 2.10. The first kappa shape index (κ1) is 11.3. The van der Waals surface area contributed by atoms with Crippen LogP contribution < -0.4 is 11.1 Å². The third kappa shape index (κ3) is 2.33. The number of hydrogen-bond donors (Lipinski definition) is 2. The molecule has 0 spiro atoms. The first-order chi connectivity index (χ1) is 8.08. The highest BCUT2D eigenvalue weighted by molar-refractivity contribution is 5.72. The molecule has 2 aromatic carbocycles. The second kappa shape index (κ2) is 4.37. The van der Waals surface area contributed by atoms with E-state index < -0.39 is 17.5 Å². The van der Waals surface area contributed by atoms with Crippen LogP contribution in [0.3, 0.4) is 0 Å². The first-order valence-electron chi connectivity index (χ1n) is 4.84. The molecule has 3 N–H and O–H groups in total. The molecule has 0 aromatic heterocycles. The maximum Gasteiger partial charge on any atom is 0.194 e. The van der Waals surface area contributed by atoms with Crippen molar-refractivity contribution in [3.05, 3.63) is 53.8 Å². The lowest BCUT2D eigenvalue weighted by molar-refractivity contribution is 0.448. The highest BCUT2D eigenvalue weighted by Crippen LogP contribution is 2.24. The number of nitrogens with one attached hydrogen (secondary N) is 1. The predicted molar refractivity (Wildman–Crippen MR) is 60.5 cm³/mol. The van der Waals surface area contributed by atoms with Crippen molar-refractivity contribution >= 4 is 17.1 Å². The van der Waals surface area contributed by atoms with Crippen LogP contribution in [-0.2, 0) is 0 Å². The monoisotopic (exact) mass is 238 g/mol. The third-order valence-corrected chi connectivity index (χ3v) is 2.22. The lowest BCUT2D eigenvalue weighted by atomic mass is 10.2. The summed E-state index contributed by atoms with van der Waals surface area (Å²) in [5.41, 5.74) is 6.67. The summed E-state index contributed by atoms with van der Waals surface area (Å²) >= 11 is 0. The molecule has 2 aromatic rings. The van der Waals surface area contributed by atoms with Crippen LogP contribution in [0.5, 0.6) is 0 Å². The minimum absolute atomic E-state index is 0.0966. The average molecular weight is 238 g/mol. The third-order valence-electron chi connectivity index (χ3n) is 2.22. The normalized spacial score (nSPS) is 10.3. The van der Waals surface area contributed by atoms with Gasteiger partial charge < -0.3 is 11.1 Å². The van der Waals surface area contributed by atoms with Crippen molar-refractivity contribution in [1.29, 1.82) is 0 Å². The molecule has 2 rings (SSSR count). The fraction of sp³-hybridized carbons (Fsp3) is 0. The molecule has 0 saturated carbocycles. The van der Waals surface area contributed by atoms with Crippen molar-refractivity contribution in [2.24, 2.45) is 0 Å². The number of nitrogen functional groups attached to an aromatic ring is 1. The van der Waals surface area contributed by atoms with Crippen LogP contribution in [0.15, 0.2) is 36.4 Å². The lowest BCUT2D eigenvalue weighted by Crippen LogP contribution is -1.98. The van der Waals surface area contributed by atoms with Gasteiger partial charge in [0, 0.05) is 17.8 Å². The Kier molecular flexibility index (Phi) is 2.91. The number of hydrogen-bond acceptors (Lipinski definition) is 2. The van der Waals surface area contributed by atoms with E-state index in [1.165, 1.54) is 0 Å². The molecular formula is C12H9F3N2. The molecule has 0 amide bonds. The summed E-state index contributed by atoms with van der Waals surface area (Å²) in [6.07, 6.45) is 0. The van der Waals surface area contributed by atoms with Gasteiger partial charge in [-0.2, -0.15) is 0 Å². The molecule has 88 valence electrons. The molecule has 0 aliphatic rings. The van der Waals surface area contributed by atoms with Crippen LogP contribution in [0.2, 0.25) is 0 Å². The van der Waals surface area contributed by atoms with Crippen LogP contribution in [0.4, 0.5) is 30.2 Å². The SMILES string of the molecule is Nc1ccccc1Nc1cc(F)c(F)c(F)c1. The summed E-state index contributed by atoms with van der Waals surface area (Å²) in [7, 11) is 0. The van der Waals surface area contributed by atoms with E-state index in [2.05, 4.69) is 5.32 Å². The number of anilines is 3. The van der Waals surface area contributed by atoms with E-state index in [-0.39, 0.29) is 5.69 Å². The van der Waals surface area contributed by atoms with Gasteiger partial charge in [-0.15, -0.1) is 0 Å². The standard InChI is InChI=1S/C12H9F3N2/c13-8-5-7(6-9(14)12(8)15)17-11-4-2-1-3-10(11)16/h1-6,17H,16H2. The van der Waals surface area contributed by atoms with E-state index >= 15 is 0 Å². The Bertz CT molecular complexity index is 532. The molecule has 0 unspecified atom stereocenters. The van der Waals surface area contributed by atoms with Gasteiger partial charge in [0.05, 0.1) is 11.4 Å². The summed E-state index contributed by atoms with van der Waals surface area (Å²) < 4.78 is 38.6. The summed E-state index contributed by atoms with van der Waals surface area (Å²) in [4.78, 5) is 0. The number of rotatable bonds is 2. The van der Waals surface area contributed by atoms with E-state index in [0.29, 0.717) is 11.4 Å². The molecule has 0 aliphatic carbocycles. The summed E-state index contributed by atoms with van der Waals surface area (Å²) in [5, 5.41) is 2.71. The fourth-order valence-corrected chi connectivity index (χ4v) is 1.39. The van der Waals surface area contributed by atoms with E-state index in [0.717, 1.165) is 12.1 Å². The van der Waals surface area contributed by atoms with Gasteiger partial charge in [0.25, 0.3) is 0 Å². The zero-order chi connectivity index (χ0) is 12.4. The summed E-state index contributed by atoms with van der Waals surface area (Å²) in [6, 6.07) is 8.46. The second-order valence-electron chi connectivity index (χ2n) is 3.47. The van der Waals surface area contributed by atoms with Gasteiger partial charge >= 0.3 is 0 Å². The number of para-hydroxylation sites is 2. The van der Waals surface area contributed by atoms with Gasteiger partial charge in [0.2, 0.25) is 0 Å². The van der Waals surface area contributed by atoms with Crippen molar-refractivity contribution in [1.82, 2.24) is 0 Å². The van der Waals surface area contributed by atoms with Crippen molar-refractivity contribution < 1.29 is 13.2 Å². The smallest absolute Gasteiger partial charge is 0.194 e. The van der Waals surface area contributed by atoms with Crippen molar-refractivity contribution in [3.8, 4) is 0 Å². The molecule has 0 radical (unpaired) electrons. The Morgan fingerprint density at radius 2 is 1.53 bits per heavy atom. The molecule has 17 heavy (non-hydrogen) atoms. The van der Waals surface area contributed by atoms with Crippen molar-refractivity contribution in [3.63, 3.8) is 0 Å². The van der Waals surface area contributed by atoms with E-state index in [1.54, 1.807) is 24.3 Å². The van der Waals surface area contributed by atoms with Gasteiger partial charge in [-0.05, 0) is 12.1 Å². The Balaban J connectivity index is 2.34. The summed E-state index contributed by atoms with van der Waals surface area (Å²) in [6.45, 7) is 0. The topological polar surface area (TPSA) is 38.0 Å². The quantitative estimate of drug-likeness (QED) is 0.621. The molecule has 0 fully saturated rings. The number of benzene rings is 2. The molecule has 0 saturated heterocycles. The molecule has 0 aliphatic heterocycles. The Morgan fingerprint density at radius 1 is 0.941 bits per heavy atom. The predicted octanol–water partition coefficient (Wildman–Crippen LogP) is 3.43. The van der Waals surface area contributed by atoms with Gasteiger partial charge in [-0.3, -0.25) is 0 Å². The van der Waals surface area contributed by atoms with E-state index in [9.17, 15) is 13.2 Å². The average Bonchev–Trinajstić information content (AvgIpc) is 2.29. The molecule has 0 heterocycles. The van der Waals surface area contributed by atoms with Gasteiger partial charge in [0.15, 0.2) is 17.5 Å². The zero-order valence-electron chi connectivity index (χ0n) is 8.68. The molecule has 2 nitrogen and oxygen atoms in total. The molecule has 5 heteroatoms. The van der Waals surface area contributed by atoms with Crippen molar-refractivity contribution in [2.75, 3.05) is 11.1 Å². The van der Waals surface area contributed by atoms with Gasteiger partial charge in [-0.25, -0.2) is 13.2 Å². The molecular weight excluding hydrogens is 229 g/mol. The maximum atomic E-state index is 13.0. The van der Waals surface area contributed by atoms with E-state index in [1.807, 2.05) is 0 Å². The fourth-order valence-electron chi connectivity index (χ4n) is 1.39. The zero-order valence-corrected chi connectivity index (χ0v) is 8.68. The van der Waals surface area contributed by atoms with Gasteiger partial charge in [-0.1, -0.05) is 12.1 Å². The number of halogens is 3. The first-order valence-corrected chi connectivity index (χ1v) is 4.84. The van der Waals surface area contributed by atoms with Crippen LogP contribution in [0.25, 0.3) is 0 Å². The van der Waals surface area contributed by atoms with Crippen molar-refractivity contribution in [2.45, 2.75) is 0 Å². The Hall–Kier alpha value is -2.17. The minimum atomic E-state index is -1.49. The Labute approximate surface area is 95.9 Å². The number of nitrogens with two attached hydrogens (primary N) is 1. The van der Waals surface area contributed by atoms with E-state index in [4.69, 9.17) is 5.73 Å². The largest absolute Gasteiger partial charge is 0.397 e. The molecule has 0 bridgehead atoms. The van der Waals surface area contributed by atoms with Crippen LogP contribution in [0, 0.1) is 17.5 Å². The minimum Gasteiger partial charge on any atom is -0.397 e. The second-order valence-corrected chi connectivity index (χ2v) is 3.47. The Morgan fingerprint density at radius 3 is 2.12 bits per heavy atom. The van der Waals surface area contributed by atoms with Gasteiger partial charge in [0.1, 0.15) is 0 Å². The van der Waals surface area contributed by atoms with Crippen LogP contribution >= 0.6 is 0 Å². The maximum absolute atomic E-state index is 13.0.